The zero-order valence-corrected chi connectivity index (χ0v) is 27.7. The predicted octanol–water partition coefficient (Wildman–Crippen LogP) is 2.46. The molecule has 2 fully saturated rings. The van der Waals surface area contributed by atoms with Gasteiger partial charge >= 0.3 is 24.1 Å². The molecule has 0 aromatic heterocycles. The van der Waals surface area contributed by atoms with Crippen molar-refractivity contribution in [1.82, 2.24) is 14.7 Å². The second-order valence-electron chi connectivity index (χ2n) is 12.0. The molecule has 2 rings (SSSR count). The van der Waals surface area contributed by atoms with Crippen LogP contribution in [0.5, 0.6) is 0 Å². The van der Waals surface area contributed by atoms with Crippen molar-refractivity contribution in [3.63, 3.8) is 0 Å². The Morgan fingerprint density at radius 3 is 1.95 bits per heavy atom. The molecule has 44 heavy (non-hydrogen) atoms. The van der Waals surface area contributed by atoms with Crippen LogP contribution in [0.2, 0.25) is 13.1 Å². The topological polar surface area (TPSA) is 149 Å². The average molecular weight is 636 g/mol. The first-order valence-corrected chi connectivity index (χ1v) is 17.3. The molecule has 2 aliphatic rings. The molecular weight excluding hydrogens is 590 g/mol. The van der Waals surface area contributed by atoms with Crippen LogP contribution in [0.25, 0.3) is 0 Å². The number of carbonyl (C=O) groups is 6. The van der Waals surface area contributed by atoms with Gasteiger partial charge in [0.05, 0.1) is 24.1 Å². The number of rotatable bonds is 12. The van der Waals surface area contributed by atoms with Crippen LogP contribution in [-0.4, -0.2) is 117 Å². The molecule has 2 aliphatic heterocycles. The van der Waals surface area contributed by atoms with Gasteiger partial charge in [0.1, 0.15) is 25.9 Å². The number of hydrogen-bond donors (Lipinski definition) is 0. The molecule has 2 heterocycles. The molecule has 14 heteroatoms. The number of hydrogen-bond acceptors (Lipinski definition) is 10. The second kappa shape index (κ2) is 15.3. The summed E-state index contributed by atoms with van der Waals surface area (Å²) in [7, 11) is -1.78. The van der Waals surface area contributed by atoms with E-state index in [1.54, 1.807) is 6.92 Å². The van der Waals surface area contributed by atoms with Crippen LogP contribution in [0.3, 0.4) is 0 Å². The summed E-state index contributed by atoms with van der Waals surface area (Å²) in [6, 6.07) is -2.29. The maximum Gasteiger partial charge on any atom is 0.410 e. The highest BCUT2D eigenvalue weighted by molar-refractivity contribution is 6.48. The molecular formula is C30H45N3O10Si. The van der Waals surface area contributed by atoms with Crippen LogP contribution in [0.1, 0.15) is 34.1 Å². The quantitative estimate of drug-likeness (QED) is 0.0782. The number of piperazine rings is 1. The Hall–Kier alpha value is -3.78. The first kappa shape index (κ1) is 36.4. The Balaban J connectivity index is 2.52. The summed E-state index contributed by atoms with van der Waals surface area (Å²) in [6.45, 7) is 21.2. The van der Waals surface area contributed by atoms with Crippen LogP contribution in [0, 0.1) is 11.3 Å². The molecule has 13 nitrogen and oxygen atoms in total. The molecule has 2 saturated heterocycles. The van der Waals surface area contributed by atoms with Crippen molar-refractivity contribution in [2.75, 3.05) is 39.5 Å². The number of imide groups is 1. The van der Waals surface area contributed by atoms with Crippen LogP contribution in [-0.2, 0) is 37.8 Å². The number of amides is 4. The number of Topliss-reactive ketones (excluding diaryl/α,β-unsaturated/α-hetero) is 1. The van der Waals surface area contributed by atoms with Gasteiger partial charge < -0.3 is 23.5 Å². The maximum absolute atomic E-state index is 14.1. The number of nitrogens with zero attached hydrogens (tertiary/aromatic N) is 3. The molecule has 0 saturated carbocycles. The Kier molecular flexibility index (Phi) is 12.6. The van der Waals surface area contributed by atoms with E-state index in [4.69, 9.17) is 18.6 Å². The van der Waals surface area contributed by atoms with E-state index >= 15 is 0 Å². The fourth-order valence-corrected chi connectivity index (χ4v) is 6.81. The normalized spacial score (nSPS) is 21.5. The fourth-order valence-electron chi connectivity index (χ4n) is 5.33. The molecule has 0 aromatic rings. The second-order valence-corrected chi connectivity index (χ2v) is 14.4. The number of ether oxygens (including phenoxy) is 3. The lowest BCUT2D eigenvalue weighted by atomic mass is 9.62. The largest absolute Gasteiger partial charge is 0.454 e. The summed E-state index contributed by atoms with van der Waals surface area (Å²) in [5.74, 6) is -4.69. The molecule has 0 aromatic carbocycles. The molecule has 4 amide bonds. The van der Waals surface area contributed by atoms with Gasteiger partial charge in [-0.25, -0.2) is 14.4 Å². The molecule has 244 valence electrons. The van der Waals surface area contributed by atoms with E-state index in [-0.39, 0.29) is 39.5 Å². The van der Waals surface area contributed by atoms with Crippen molar-refractivity contribution in [2.45, 2.75) is 64.9 Å². The van der Waals surface area contributed by atoms with Gasteiger partial charge in [-0.3, -0.25) is 24.2 Å². The Morgan fingerprint density at radius 2 is 1.43 bits per heavy atom. The van der Waals surface area contributed by atoms with Gasteiger partial charge in [-0.1, -0.05) is 58.7 Å². The lowest BCUT2D eigenvalue weighted by Gasteiger charge is -2.57. The number of esters is 1. The van der Waals surface area contributed by atoms with E-state index < -0.39 is 80.2 Å². The number of β-lactam (4-membered cyclic amide) rings is 1. The highest BCUT2D eigenvalue weighted by Gasteiger charge is 2.64. The van der Waals surface area contributed by atoms with Gasteiger partial charge in [0.2, 0.25) is 5.91 Å². The summed E-state index contributed by atoms with van der Waals surface area (Å²) in [4.78, 5) is 82.2. The van der Waals surface area contributed by atoms with Gasteiger partial charge in [0, 0.05) is 19.5 Å². The summed E-state index contributed by atoms with van der Waals surface area (Å²) < 4.78 is 21.7. The van der Waals surface area contributed by atoms with Gasteiger partial charge in [0.25, 0.3) is 0 Å². The van der Waals surface area contributed by atoms with Crippen LogP contribution < -0.4 is 0 Å². The maximum atomic E-state index is 14.1. The van der Waals surface area contributed by atoms with E-state index in [0.29, 0.717) is 0 Å². The smallest absolute Gasteiger partial charge is 0.410 e. The van der Waals surface area contributed by atoms with E-state index in [1.807, 2.05) is 33.9 Å². The SMILES string of the molecule is C=CCOC(=O)C(=O)N1C(=O)[C@H]([C@@](C)(O[SiH](C)C)C(C)(C)C)[C@H]1CC(=O)C1CN(C(=O)OCC=C)CCN1C(=O)OCC=C. The molecule has 1 unspecified atom stereocenters. The molecule has 0 N–H and O–H groups in total. The fraction of sp³-hybridized carbons (Fsp3) is 0.600. The zero-order chi connectivity index (χ0) is 33.4. The first-order valence-electron chi connectivity index (χ1n) is 14.5. The standard InChI is InChI=1S/C30H45N3O10Si/c1-10-15-40-26(37)25(36)33-20(23(24(33)35)30(7,29(4,5)6)43-44(8)9)18-22(34)21-19-31(27(38)41-16-11-2)13-14-32(21)28(39)42-17-12-3/h10-12,20-21,23,44H,1-3,13-19H2,4-9H3/t20-,21?,23-,30-/m1/s1. The summed E-state index contributed by atoms with van der Waals surface area (Å²) in [5.41, 5.74) is -1.74. The number of ketones is 1. The summed E-state index contributed by atoms with van der Waals surface area (Å²) >= 11 is 0. The van der Waals surface area contributed by atoms with Crippen molar-refractivity contribution in [3.05, 3.63) is 38.0 Å². The lowest BCUT2D eigenvalue weighted by molar-refractivity contribution is -0.194. The summed E-state index contributed by atoms with van der Waals surface area (Å²) in [6.07, 6.45) is 2.14. The minimum Gasteiger partial charge on any atom is -0.454 e. The molecule has 4 atom stereocenters. The van der Waals surface area contributed by atoms with E-state index in [2.05, 4.69) is 19.7 Å². The first-order chi connectivity index (χ1) is 20.5. The molecule has 0 aliphatic carbocycles. The third-order valence-corrected chi connectivity index (χ3v) is 8.77. The third kappa shape index (κ3) is 8.02. The highest BCUT2D eigenvalue weighted by Crippen LogP contribution is 2.49. The third-order valence-electron chi connectivity index (χ3n) is 7.81. The van der Waals surface area contributed by atoms with E-state index in [1.165, 1.54) is 28.0 Å². The van der Waals surface area contributed by atoms with Gasteiger partial charge in [-0.2, -0.15) is 0 Å². The van der Waals surface area contributed by atoms with Crippen molar-refractivity contribution >= 4 is 44.8 Å². The van der Waals surface area contributed by atoms with Crippen molar-refractivity contribution < 1.29 is 47.4 Å². The predicted molar refractivity (Wildman–Crippen MR) is 163 cm³/mol. The molecule has 0 spiro atoms. The zero-order valence-electron chi connectivity index (χ0n) is 26.5. The van der Waals surface area contributed by atoms with Crippen molar-refractivity contribution in [2.24, 2.45) is 11.3 Å². The number of likely N-dealkylation sites (tertiary alicyclic amines) is 1. The Bertz CT molecular complexity index is 1170. The number of carbonyl (C=O) groups excluding carboxylic acids is 6. The lowest BCUT2D eigenvalue weighted by Crippen LogP contribution is -2.74. The Labute approximate surface area is 260 Å². The van der Waals surface area contributed by atoms with E-state index in [9.17, 15) is 28.8 Å². The van der Waals surface area contributed by atoms with E-state index in [0.717, 1.165) is 4.90 Å². The molecule has 0 bridgehead atoms. The van der Waals surface area contributed by atoms with Gasteiger partial charge in [0.15, 0.2) is 14.8 Å². The Morgan fingerprint density at radius 1 is 0.886 bits per heavy atom. The van der Waals surface area contributed by atoms with Crippen molar-refractivity contribution in [3.8, 4) is 0 Å². The minimum absolute atomic E-state index is 0.0408. The van der Waals surface area contributed by atoms with Crippen molar-refractivity contribution in [1.29, 1.82) is 0 Å². The minimum atomic E-state index is -1.78. The van der Waals surface area contributed by atoms with Crippen LogP contribution in [0.4, 0.5) is 9.59 Å². The summed E-state index contributed by atoms with van der Waals surface area (Å²) in [5, 5.41) is 0. The average Bonchev–Trinajstić information content (AvgIpc) is 2.95. The van der Waals surface area contributed by atoms with Gasteiger partial charge in [-0.15, -0.1) is 0 Å². The van der Waals surface area contributed by atoms with Crippen LogP contribution >= 0.6 is 0 Å². The monoisotopic (exact) mass is 635 g/mol. The highest BCUT2D eigenvalue weighted by atomic mass is 28.3. The van der Waals surface area contributed by atoms with Gasteiger partial charge in [-0.05, 0) is 25.4 Å². The van der Waals surface area contributed by atoms with Crippen LogP contribution in [0.15, 0.2) is 38.0 Å². The molecule has 0 radical (unpaired) electrons.